The van der Waals surface area contributed by atoms with Crippen molar-refractivity contribution in [1.29, 1.82) is 0 Å². The fraction of sp³-hybridized carbons (Fsp3) is 0.381. The summed E-state index contributed by atoms with van der Waals surface area (Å²) in [5, 5.41) is 3.00. The van der Waals surface area contributed by atoms with Crippen LogP contribution in [0.1, 0.15) is 0 Å². The highest BCUT2D eigenvalue weighted by Crippen LogP contribution is 2.20. The number of morpholine rings is 1. The molecule has 0 atom stereocenters. The molecule has 0 unspecified atom stereocenters. The molecule has 1 aliphatic rings. The number of rotatable bonds is 10. The van der Waals surface area contributed by atoms with E-state index in [1.165, 1.54) is 47.8 Å². The molecule has 10 nitrogen and oxygen atoms in total. The van der Waals surface area contributed by atoms with E-state index < -0.39 is 26.0 Å². The highest BCUT2D eigenvalue weighted by atomic mass is 35.5. The Kier molecular flexibility index (Phi) is 8.90. The van der Waals surface area contributed by atoms with Crippen LogP contribution in [0.4, 0.5) is 0 Å². The molecule has 1 amide bonds. The summed E-state index contributed by atoms with van der Waals surface area (Å²) in [6, 6.07) is 11.7. The zero-order valence-corrected chi connectivity index (χ0v) is 20.9. The van der Waals surface area contributed by atoms with E-state index in [2.05, 4.69) is 5.32 Å². The third-order valence-electron chi connectivity index (χ3n) is 5.01. The number of sulfonamides is 2. The quantitative estimate of drug-likeness (QED) is 0.457. The monoisotopic (exact) mass is 531 g/mol. The maximum absolute atomic E-state index is 12.6. The van der Waals surface area contributed by atoms with E-state index in [1.807, 2.05) is 0 Å². The Morgan fingerprint density at radius 3 is 2.24 bits per heavy atom. The van der Waals surface area contributed by atoms with E-state index in [0.29, 0.717) is 37.1 Å². The maximum Gasteiger partial charge on any atom is 0.243 e. The number of likely N-dealkylation sites (N-methyl/N-ethyl adjacent to an activating group) is 1. The fourth-order valence-corrected chi connectivity index (χ4v) is 5.79. The summed E-state index contributed by atoms with van der Waals surface area (Å²) in [5.74, 6) is -0.0480. The minimum absolute atomic E-state index is 0.0367. The molecule has 1 N–H and O–H groups in total. The van der Waals surface area contributed by atoms with E-state index in [-0.39, 0.29) is 29.5 Å². The van der Waals surface area contributed by atoms with Crippen LogP contribution in [-0.2, 0) is 29.6 Å². The lowest BCUT2D eigenvalue weighted by Crippen LogP contribution is -2.40. The van der Waals surface area contributed by atoms with Gasteiger partial charge in [-0.1, -0.05) is 11.6 Å². The van der Waals surface area contributed by atoms with Crippen LogP contribution in [0.2, 0.25) is 5.02 Å². The van der Waals surface area contributed by atoms with Gasteiger partial charge in [0.05, 0.1) is 36.1 Å². The van der Waals surface area contributed by atoms with Gasteiger partial charge in [0.2, 0.25) is 26.0 Å². The third-order valence-corrected chi connectivity index (χ3v) is 9.00. The fourth-order valence-electron chi connectivity index (χ4n) is 3.13. The number of nitrogens with one attached hydrogen (secondary N) is 1. The van der Waals surface area contributed by atoms with E-state index in [4.69, 9.17) is 21.1 Å². The molecule has 0 bridgehead atoms. The Morgan fingerprint density at radius 1 is 1.03 bits per heavy atom. The van der Waals surface area contributed by atoms with Gasteiger partial charge in [-0.3, -0.25) is 4.79 Å². The molecule has 34 heavy (non-hydrogen) atoms. The minimum Gasteiger partial charge on any atom is -0.492 e. The predicted molar refractivity (Wildman–Crippen MR) is 126 cm³/mol. The van der Waals surface area contributed by atoms with Gasteiger partial charge < -0.3 is 14.8 Å². The zero-order valence-electron chi connectivity index (χ0n) is 18.5. The van der Waals surface area contributed by atoms with Gasteiger partial charge in [-0.2, -0.15) is 8.61 Å². The molecule has 13 heteroatoms. The van der Waals surface area contributed by atoms with Crippen molar-refractivity contribution in [2.45, 2.75) is 9.79 Å². The number of carbonyl (C=O) groups excluding carboxylic acids is 1. The molecule has 1 saturated heterocycles. The Labute approximate surface area is 204 Å². The Morgan fingerprint density at radius 2 is 1.62 bits per heavy atom. The van der Waals surface area contributed by atoms with E-state index in [1.54, 1.807) is 12.1 Å². The molecule has 1 heterocycles. The lowest BCUT2D eigenvalue weighted by molar-refractivity contribution is -0.121. The SMILES string of the molecule is CN(CC(=O)NCCOc1ccc(S(=O)(=O)N2CCOCC2)cc1)S(=O)(=O)c1ccc(Cl)cc1. The Hall–Kier alpha value is -2.22. The first kappa shape index (κ1) is 26.4. The molecule has 0 radical (unpaired) electrons. The number of amides is 1. The van der Waals surface area contributed by atoms with Crippen LogP contribution in [0, 0.1) is 0 Å². The minimum atomic E-state index is -3.83. The number of benzene rings is 2. The number of hydrogen-bond acceptors (Lipinski definition) is 7. The van der Waals surface area contributed by atoms with Gasteiger partial charge >= 0.3 is 0 Å². The molecule has 2 aromatic rings. The van der Waals surface area contributed by atoms with Gasteiger partial charge in [0.1, 0.15) is 12.4 Å². The summed E-state index contributed by atoms with van der Waals surface area (Å²) in [5.41, 5.74) is 0. The molecule has 0 aliphatic carbocycles. The van der Waals surface area contributed by atoms with Crippen LogP contribution in [0.15, 0.2) is 58.3 Å². The van der Waals surface area contributed by atoms with Gasteiger partial charge in [-0.25, -0.2) is 16.8 Å². The summed E-state index contributed by atoms with van der Waals surface area (Å²) in [6.45, 7) is 1.27. The lowest BCUT2D eigenvalue weighted by atomic mass is 10.3. The number of halogens is 1. The normalized spacial score (nSPS) is 15.3. The van der Waals surface area contributed by atoms with E-state index in [9.17, 15) is 21.6 Å². The van der Waals surface area contributed by atoms with Crippen molar-refractivity contribution in [3.8, 4) is 5.75 Å². The van der Waals surface area contributed by atoms with Crippen molar-refractivity contribution >= 4 is 37.6 Å². The van der Waals surface area contributed by atoms with Crippen molar-refractivity contribution in [2.24, 2.45) is 0 Å². The van der Waals surface area contributed by atoms with Gasteiger partial charge in [0, 0.05) is 25.2 Å². The smallest absolute Gasteiger partial charge is 0.243 e. The predicted octanol–water partition coefficient (Wildman–Crippen LogP) is 1.18. The van der Waals surface area contributed by atoms with Crippen molar-refractivity contribution in [2.75, 3.05) is 53.0 Å². The standard InChI is InChI=1S/C21H26ClN3O7S2/c1-24(33(27,28)19-6-2-17(22)3-7-19)16-21(26)23-10-13-32-18-4-8-20(9-5-18)34(29,30)25-11-14-31-15-12-25/h2-9H,10-16H2,1H3,(H,23,26). The molecule has 186 valence electrons. The molecule has 0 saturated carbocycles. The number of hydrogen-bond donors (Lipinski definition) is 1. The summed E-state index contributed by atoms with van der Waals surface area (Å²) in [7, 11) is -6.09. The van der Waals surface area contributed by atoms with Crippen molar-refractivity contribution in [3.05, 3.63) is 53.6 Å². The lowest BCUT2D eigenvalue weighted by Gasteiger charge is -2.26. The number of nitrogens with zero attached hydrogens (tertiary/aromatic N) is 2. The molecule has 2 aromatic carbocycles. The van der Waals surface area contributed by atoms with Crippen LogP contribution in [0.25, 0.3) is 0 Å². The highest BCUT2D eigenvalue weighted by Gasteiger charge is 2.26. The van der Waals surface area contributed by atoms with Gasteiger partial charge in [0.25, 0.3) is 0 Å². The van der Waals surface area contributed by atoms with Crippen molar-refractivity contribution < 1.29 is 31.1 Å². The zero-order chi connectivity index (χ0) is 24.8. The second-order valence-electron chi connectivity index (χ2n) is 7.40. The Balaban J connectivity index is 1.44. The van der Waals surface area contributed by atoms with Crippen LogP contribution in [0.3, 0.4) is 0 Å². The first-order valence-electron chi connectivity index (χ1n) is 10.4. The topological polar surface area (TPSA) is 122 Å². The molecule has 0 spiro atoms. The van der Waals surface area contributed by atoms with Crippen LogP contribution in [0.5, 0.6) is 5.75 Å². The summed E-state index contributed by atoms with van der Waals surface area (Å²) in [4.78, 5) is 12.3. The second kappa shape index (κ2) is 11.5. The van der Waals surface area contributed by atoms with Gasteiger partial charge in [0.15, 0.2) is 0 Å². The second-order valence-corrected chi connectivity index (χ2v) is 11.8. The average molecular weight is 532 g/mol. The first-order valence-corrected chi connectivity index (χ1v) is 13.7. The largest absolute Gasteiger partial charge is 0.492 e. The molecular weight excluding hydrogens is 506 g/mol. The average Bonchev–Trinajstić information content (AvgIpc) is 2.83. The summed E-state index contributed by atoms with van der Waals surface area (Å²) in [6.07, 6.45) is 0. The molecule has 0 aromatic heterocycles. The van der Waals surface area contributed by atoms with Crippen molar-refractivity contribution in [3.63, 3.8) is 0 Å². The molecule has 1 fully saturated rings. The number of ether oxygens (including phenoxy) is 2. The van der Waals surface area contributed by atoms with Gasteiger partial charge in [-0.15, -0.1) is 0 Å². The summed E-state index contributed by atoms with van der Waals surface area (Å²) >= 11 is 5.78. The van der Waals surface area contributed by atoms with Crippen LogP contribution < -0.4 is 10.1 Å². The van der Waals surface area contributed by atoms with Crippen LogP contribution in [-0.4, -0.2) is 84.4 Å². The third kappa shape index (κ3) is 6.68. The molecule has 1 aliphatic heterocycles. The van der Waals surface area contributed by atoms with Crippen LogP contribution >= 0.6 is 11.6 Å². The maximum atomic E-state index is 12.6. The van der Waals surface area contributed by atoms with E-state index in [0.717, 1.165) is 4.31 Å². The number of carbonyl (C=O) groups is 1. The highest BCUT2D eigenvalue weighted by molar-refractivity contribution is 7.89. The first-order chi connectivity index (χ1) is 16.1. The molecule has 3 rings (SSSR count). The Bertz CT molecular complexity index is 1180. The summed E-state index contributed by atoms with van der Waals surface area (Å²) < 4.78 is 63.3. The molecular formula is C21H26ClN3O7S2. The van der Waals surface area contributed by atoms with Gasteiger partial charge in [-0.05, 0) is 48.5 Å². The van der Waals surface area contributed by atoms with Crippen molar-refractivity contribution in [1.82, 2.24) is 13.9 Å². The van der Waals surface area contributed by atoms with E-state index >= 15 is 0 Å².